The molecule has 0 bridgehead atoms. The highest BCUT2D eigenvalue weighted by molar-refractivity contribution is 7.98. The number of carboxylic acid groups (broad SMARTS) is 1. The van der Waals surface area contributed by atoms with E-state index in [0.717, 1.165) is 12.1 Å². The van der Waals surface area contributed by atoms with E-state index in [2.05, 4.69) is 17.9 Å². The lowest BCUT2D eigenvalue weighted by Gasteiger charge is -2.16. The number of hydrogen-bond acceptors (Lipinski definition) is 4. The number of alkyl halides is 3. The van der Waals surface area contributed by atoms with E-state index in [0.29, 0.717) is 17.1 Å². The molecule has 0 unspecified atom stereocenters. The minimum Gasteiger partial charge on any atom is -0.480 e. The Labute approximate surface area is 147 Å². The highest BCUT2D eigenvalue weighted by Crippen LogP contribution is 2.29. The fourth-order valence-electron chi connectivity index (χ4n) is 1.66. The fraction of sp³-hybridized carbons (Fsp3) is 0.467. The van der Waals surface area contributed by atoms with Gasteiger partial charge in [0.25, 0.3) is 0 Å². The van der Waals surface area contributed by atoms with Crippen molar-refractivity contribution in [1.82, 2.24) is 5.32 Å². The summed E-state index contributed by atoms with van der Waals surface area (Å²) in [5.41, 5.74) is -0.0835. The zero-order valence-corrected chi connectivity index (χ0v) is 14.5. The van der Waals surface area contributed by atoms with E-state index in [4.69, 9.17) is 5.11 Å². The number of benzene rings is 1. The number of thiol groups is 1. The summed E-state index contributed by atoms with van der Waals surface area (Å²) >= 11 is 5.20. The highest BCUT2D eigenvalue weighted by atomic mass is 32.2. The molecule has 134 valence electrons. The molecule has 0 aliphatic heterocycles. The van der Waals surface area contributed by atoms with E-state index in [1.165, 1.54) is 23.9 Å². The Hall–Kier alpha value is -1.35. The summed E-state index contributed by atoms with van der Waals surface area (Å²) in [5.74, 6) is -1.20. The maximum atomic E-state index is 12.5. The second-order valence-corrected chi connectivity index (χ2v) is 6.59. The number of carbonyl (C=O) groups is 2. The van der Waals surface area contributed by atoms with Crippen molar-refractivity contribution >= 4 is 36.3 Å². The molecule has 0 fully saturated rings. The smallest absolute Gasteiger partial charge is 0.416 e. The lowest BCUT2D eigenvalue weighted by atomic mass is 10.1. The van der Waals surface area contributed by atoms with Crippen molar-refractivity contribution in [3.63, 3.8) is 0 Å². The van der Waals surface area contributed by atoms with Gasteiger partial charge in [-0.1, -0.05) is 19.1 Å². The molecule has 1 amide bonds. The number of carboxylic acids is 1. The average molecular weight is 381 g/mol. The Morgan fingerprint density at radius 1 is 1.29 bits per heavy atom. The monoisotopic (exact) mass is 381 g/mol. The van der Waals surface area contributed by atoms with E-state index in [1.807, 2.05) is 0 Å². The van der Waals surface area contributed by atoms with Gasteiger partial charge in [0.1, 0.15) is 6.04 Å². The molecule has 0 saturated carbocycles. The Morgan fingerprint density at radius 2 is 1.88 bits per heavy atom. The summed E-state index contributed by atoms with van der Waals surface area (Å²) in [7, 11) is 0. The van der Waals surface area contributed by atoms with Crippen LogP contribution < -0.4 is 5.32 Å². The number of aliphatic carboxylic acids is 1. The van der Waals surface area contributed by atoms with Crippen LogP contribution in [0.2, 0.25) is 0 Å². The normalized spacial score (nSPS) is 14.0. The van der Waals surface area contributed by atoms with Gasteiger partial charge < -0.3 is 10.4 Å². The number of carbonyl (C=O) groups excluding carboxylic acids is 1. The van der Waals surface area contributed by atoms with Crippen LogP contribution in [0.1, 0.15) is 18.1 Å². The summed E-state index contributed by atoms with van der Waals surface area (Å²) in [4.78, 5) is 22.9. The summed E-state index contributed by atoms with van der Waals surface area (Å²) in [6.07, 6.45) is -4.38. The van der Waals surface area contributed by atoms with Crippen molar-refractivity contribution in [3.8, 4) is 0 Å². The summed E-state index contributed by atoms with van der Waals surface area (Å²) in [6.45, 7) is 1.64. The van der Waals surface area contributed by atoms with Crippen molar-refractivity contribution in [2.24, 2.45) is 5.92 Å². The topological polar surface area (TPSA) is 66.4 Å². The molecule has 4 nitrogen and oxygen atoms in total. The minimum absolute atomic E-state index is 0.112. The molecule has 0 spiro atoms. The van der Waals surface area contributed by atoms with E-state index >= 15 is 0 Å². The van der Waals surface area contributed by atoms with Crippen LogP contribution in [-0.2, 0) is 21.5 Å². The quantitative estimate of drug-likeness (QED) is 0.606. The van der Waals surface area contributed by atoms with Crippen LogP contribution in [0.5, 0.6) is 0 Å². The van der Waals surface area contributed by atoms with E-state index in [1.54, 1.807) is 6.92 Å². The molecule has 0 heterocycles. The van der Waals surface area contributed by atoms with Crippen molar-refractivity contribution in [2.45, 2.75) is 24.9 Å². The van der Waals surface area contributed by atoms with Gasteiger partial charge in [0.05, 0.1) is 5.56 Å². The molecule has 2 atom stereocenters. The first-order valence-corrected chi connectivity index (χ1v) is 8.81. The Morgan fingerprint density at radius 3 is 2.33 bits per heavy atom. The third-order valence-corrected chi connectivity index (χ3v) is 4.82. The van der Waals surface area contributed by atoms with Gasteiger partial charge in [-0.25, -0.2) is 4.79 Å². The predicted molar refractivity (Wildman–Crippen MR) is 90.2 cm³/mol. The zero-order chi connectivity index (χ0) is 18.3. The van der Waals surface area contributed by atoms with Crippen molar-refractivity contribution in [1.29, 1.82) is 0 Å². The molecule has 2 N–H and O–H groups in total. The van der Waals surface area contributed by atoms with Gasteiger partial charge in [-0.05, 0) is 17.7 Å². The van der Waals surface area contributed by atoms with E-state index < -0.39 is 35.6 Å². The van der Waals surface area contributed by atoms with Gasteiger partial charge in [0.15, 0.2) is 0 Å². The first-order valence-electron chi connectivity index (χ1n) is 7.03. The van der Waals surface area contributed by atoms with Crippen LogP contribution in [0.3, 0.4) is 0 Å². The predicted octanol–water partition coefficient (Wildman–Crippen LogP) is 3.07. The third kappa shape index (κ3) is 6.64. The van der Waals surface area contributed by atoms with Crippen molar-refractivity contribution in [2.75, 3.05) is 11.5 Å². The van der Waals surface area contributed by atoms with Gasteiger partial charge in [-0.3, -0.25) is 4.79 Å². The summed E-state index contributed by atoms with van der Waals surface area (Å²) in [6, 6.07) is 3.63. The molecule has 0 aliphatic rings. The Bertz CT molecular complexity index is 564. The standard InChI is InChI=1S/C15H18F3NO3S2/c1-9(6-23)13(20)19-12(14(21)22)8-24-7-10-2-4-11(5-3-10)15(16,17)18/h2-5,9,12,23H,6-8H2,1H3,(H,19,20)(H,21,22)/t9-,12+/m1/s1. The molecule has 0 aliphatic carbocycles. The van der Waals surface area contributed by atoms with Crippen LogP contribution >= 0.6 is 24.4 Å². The molecular weight excluding hydrogens is 363 g/mol. The maximum Gasteiger partial charge on any atom is 0.416 e. The van der Waals surface area contributed by atoms with Crippen LogP contribution in [-0.4, -0.2) is 34.5 Å². The lowest BCUT2D eigenvalue weighted by Crippen LogP contribution is -2.45. The SMILES string of the molecule is C[C@H](CS)C(=O)N[C@@H](CSCc1ccc(C(F)(F)F)cc1)C(=O)O. The number of rotatable bonds is 8. The van der Waals surface area contributed by atoms with Crippen LogP contribution in [0.15, 0.2) is 24.3 Å². The van der Waals surface area contributed by atoms with Crippen LogP contribution in [0.4, 0.5) is 13.2 Å². The van der Waals surface area contributed by atoms with E-state index in [-0.39, 0.29) is 5.75 Å². The van der Waals surface area contributed by atoms with Crippen molar-refractivity contribution < 1.29 is 27.9 Å². The fourth-order valence-corrected chi connectivity index (χ4v) is 2.83. The molecule has 1 aromatic rings. The molecular formula is C15H18F3NO3S2. The van der Waals surface area contributed by atoms with Gasteiger partial charge in [-0.2, -0.15) is 37.6 Å². The van der Waals surface area contributed by atoms with Gasteiger partial charge >= 0.3 is 12.1 Å². The molecule has 0 saturated heterocycles. The largest absolute Gasteiger partial charge is 0.480 e. The first-order chi connectivity index (χ1) is 11.1. The second-order valence-electron chi connectivity index (χ2n) is 5.19. The van der Waals surface area contributed by atoms with Crippen LogP contribution in [0, 0.1) is 5.92 Å². The lowest BCUT2D eigenvalue weighted by molar-refractivity contribution is -0.141. The highest BCUT2D eigenvalue weighted by Gasteiger charge is 2.30. The number of nitrogens with one attached hydrogen (secondary N) is 1. The average Bonchev–Trinajstić information content (AvgIpc) is 2.52. The molecule has 9 heteroatoms. The minimum atomic E-state index is -4.38. The summed E-state index contributed by atoms with van der Waals surface area (Å²) < 4.78 is 37.4. The number of amides is 1. The maximum absolute atomic E-state index is 12.5. The Kier molecular flexibility index (Phi) is 7.95. The Balaban J connectivity index is 2.54. The molecule has 0 aromatic heterocycles. The molecule has 24 heavy (non-hydrogen) atoms. The van der Waals surface area contributed by atoms with Crippen molar-refractivity contribution in [3.05, 3.63) is 35.4 Å². The number of hydrogen-bond donors (Lipinski definition) is 3. The summed E-state index contributed by atoms with van der Waals surface area (Å²) in [5, 5.41) is 11.6. The van der Waals surface area contributed by atoms with Gasteiger partial charge in [-0.15, -0.1) is 0 Å². The molecule has 1 rings (SSSR count). The second kappa shape index (κ2) is 9.22. The molecule has 1 aromatic carbocycles. The number of halogens is 3. The molecule has 0 radical (unpaired) electrons. The van der Waals surface area contributed by atoms with Gasteiger partial charge in [0.2, 0.25) is 5.91 Å². The van der Waals surface area contributed by atoms with Gasteiger partial charge in [0, 0.05) is 23.2 Å². The van der Waals surface area contributed by atoms with Crippen LogP contribution in [0.25, 0.3) is 0 Å². The van der Waals surface area contributed by atoms with E-state index in [9.17, 15) is 22.8 Å². The number of thioether (sulfide) groups is 1. The zero-order valence-electron chi connectivity index (χ0n) is 12.8. The first kappa shape index (κ1) is 20.7. The third-order valence-electron chi connectivity index (χ3n) is 3.17.